The fraction of sp³-hybridized carbons (Fsp3) is 0.429. The van der Waals surface area contributed by atoms with Crippen molar-refractivity contribution in [2.24, 2.45) is 0 Å². The molecule has 1 amide bonds. The van der Waals surface area contributed by atoms with Crippen molar-refractivity contribution in [1.82, 2.24) is 24.5 Å². The molecule has 2 heterocycles. The Morgan fingerprint density at radius 3 is 2.72 bits per heavy atom. The van der Waals surface area contributed by atoms with Gasteiger partial charge in [-0.15, -0.1) is 0 Å². The molecule has 1 atom stereocenters. The van der Waals surface area contributed by atoms with Gasteiger partial charge >= 0.3 is 0 Å². The van der Waals surface area contributed by atoms with Crippen molar-refractivity contribution in [3.05, 3.63) is 63.8 Å². The van der Waals surface area contributed by atoms with Gasteiger partial charge in [0.15, 0.2) is 0 Å². The monoisotopic (exact) mass is 397 g/mol. The lowest BCUT2D eigenvalue weighted by Crippen LogP contribution is -2.43. The van der Waals surface area contributed by atoms with E-state index in [2.05, 4.69) is 15.1 Å². The number of rotatable bonds is 8. The van der Waals surface area contributed by atoms with Gasteiger partial charge in [-0.2, -0.15) is 4.52 Å². The molecule has 3 aromatic rings. The third kappa shape index (κ3) is 4.89. The number of fused-ring (bicyclic) bond motifs is 1. The summed E-state index contributed by atoms with van der Waals surface area (Å²) in [4.78, 5) is 35.6. The van der Waals surface area contributed by atoms with E-state index >= 15 is 0 Å². The van der Waals surface area contributed by atoms with Gasteiger partial charge < -0.3 is 10.0 Å². The quantitative estimate of drug-likeness (QED) is 0.604. The molecule has 0 radical (unpaired) electrons. The highest BCUT2D eigenvalue weighted by molar-refractivity contribution is 5.76. The SMILES string of the molecule is CCC(C)(O)CN(Cc1ccccc1)C(=O)CCc1c(C)nc2nc[nH]n2c1=O. The molecule has 0 saturated heterocycles. The van der Waals surface area contributed by atoms with E-state index in [4.69, 9.17) is 0 Å². The maximum Gasteiger partial charge on any atom is 0.277 e. The molecule has 0 saturated carbocycles. The zero-order valence-corrected chi connectivity index (χ0v) is 17.1. The molecule has 0 aliphatic rings. The van der Waals surface area contributed by atoms with Crippen LogP contribution in [0.3, 0.4) is 0 Å². The molecule has 2 N–H and O–H groups in total. The summed E-state index contributed by atoms with van der Waals surface area (Å²) in [5, 5.41) is 13.3. The summed E-state index contributed by atoms with van der Waals surface area (Å²) in [6, 6.07) is 9.67. The lowest BCUT2D eigenvalue weighted by molar-refractivity contribution is -0.135. The molecule has 154 valence electrons. The topological polar surface area (TPSA) is 104 Å². The molecule has 8 heteroatoms. The van der Waals surface area contributed by atoms with E-state index in [1.165, 1.54) is 10.8 Å². The first-order valence-electron chi connectivity index (χ1n) is 9.76. The number of nitrogens with one attached hydrogen (secondary N) is 1. The molecular formula is C21H27N5O3. The molecule has 3 rings (SSSR count). The Kier molecular flexibility index (Phi) is 6.12. The Bertz CT molecular complexity index is 1040. The second-order valence-corrected chi connectivity index (χ2v) is 7.59. The third-order valence-electron chi connectivity index (χ3n) is 5.18. The van der Waals surface area contributed by atoms with Gasteiger partial charge in [-0.05, 0) is 32.3 Å². The number of aromatic amines is 1. The lowest BCUT2D eigenvalue weighted by Gasteiger charge is -2.31. The largest absolute Gasteiger partial charge is 0.388 e. The minimum atomic E-state index is -0.976. The number of H-pyrrole nitrogens is 1. The molecule has 1 aromatic carbocycles. The average Bonchev–Trinajstić information content (AvgIpc) is 3.16. The Morgan fingerprint density at radius 2 is 2.03 bits per heavy atom. The zero-order chi connectivity index (χ0) is 21.0. The van der Waals surface area contributed by atoms with Crippen LogP contribution in [-0.4, -0.2) is 47.6 Å². The lowest BCUT2D eigenvalue weighted by atomic mass is 10.0. The summed E-state index contributed by atoms with van der Waals surface area (Å²) in [6.07, 6.45) is 2.38. The summed E-state index contributed by atoms with van der Waals surface area (Å²) >= 11 is 0. The Labute approximate surface area is 169 Å². The van der Waals surface area contributed by atoms with E-state index in [0.717, 1.165) is 5.56 Å². The van der Waals surface area contributed by atoms with Crippen molar-refractivity contribution in [3.63, 3.8) is 0 Å². The molecule has 29 heavy (non-hydrogen) atoms. The van der Waals surface area contributed by atoms with Gasteiger partial charge in [-0.25, -0.2) is 9.97 Å². The van der Waals surface area contributed by atoms with E-state index in [1.54, 1.807) is 18.7 Å². The average molecular weight is 397 g/mol. The van der Waals surface area contributed by atoms with Gasteiger partial charge in [0, 0.05) is 25.1 Å². The van der Waals surface area contributed by atoms with E-state index in [9.17, 15) is 14.7 Å². The number of aromatic nitrogens is 4. The molecular weight excluding hydrogens is 370 g/mol. The third-order valence-corrected chi connectivity index (χ3v) is 5.18. The van der Waals surface area contributed by atoms with Crippen molar-refractivity contribution >= 4 is 11.7 Å². The number of benzene rings is 1. The van der Waals surface area contributed by atoms with Crippen LogP contribution in [0.15, 0.2) is 41.5 Å². The summed E-state index contributed by atoms with van der Waals surface area (Å²) < 4.78 is 1.27. The minimum absolute atomic E-state index is 0.115. The fourth-order valence-corrected chi connectivity index (χ4v) is 3.23. The molecule has 0 fully saturated rings. The highest BCUT2D eigenvalue weighted by Crippen LogP contribution is 2.16. The molecule has 0 aliphatic heterocycles. The second kappa shape index (κ2) is 8.57. The summed E-state index contributed by atoms with van der Waals surface area (Å²) in [6.45, 7) is 6.00. The number of aliphatic hydroxyl groups is 1. The van der Waals surface area contributed by atoms with Crippen LogP contribution in [0.25, 0.3) is 5.78 Å². The van der Waals surface area contributed by atoms with Crippen LogP contribution in [-0.2, 0) is 17.8 Å². The van der Waals surface area contributed by atoms with Gasteiger partial charge in [0.1, 0.15) is 6.33 Å². The molecule has 0 aliphatic carbocycles. The Balaban J connectivity index is 1.78. The van der Waals surface area contributed by atoms with Crippen LogP contribution < -0.4 is 5.56 Å². The predicted molar refractivity (Wildman–Crippen MR) is 109 cm³/mol. The van der Waals surface area contributed by atoms with Crippen LogP contribution >= 0.6 is 0 Å². The van der Waals surface area contributed by atoms with Crippen LogP contribution in [0.5, 0.6) is 0 Å². The van der Waals surface area contributed by atoms with Crippen molar-refractivity contribution < 1.29 is 9.90 Å². The van der Waals surface area contributed by atoms with Crippen molar-refractivity contribution in [2.45, 2.75) is 52.2 Å². The number of carbonyl (C=O) groups is 1. The first-order chi connectivity index (χ1) is 13.8. The van der Waals surface area contributed by atoms with E-state index in [-0.39, 0.29) is 30.9 Å². The van der Waals surface area contributed by atoms with Gasteiger partial charge in [-0.3, -0.25) is 14.7 Å². The zero-order valence-electron chi connectivity index (χ0n) is 17.1. The number of hydrogen-bond donors (Lipinski definition) is 2. The summed E-state index contributed by atoms with van der Waals surface area (Å²) in [7, 11) is 0. The predicted octanol–water partition coefficient (Wildman–Crippen LogP) is 1.85. The van der Waals surface area contributed by atoms with Gasteiger partial charge in [-0.1, -0.05) is 37.3 Å². The number of nitrogens with zero attached hydrogens (tertiary/aromatic N) is 4. The number of carbonyl (C=O) groups excluding carboxylic acids is 1. The molecule has 8 nitrogen and oxygen atoms in total. The van der Waals surface area contributed by atoms with Crippen molar-refractivity contribution in [1.29, 1.82) is 0 Å². The first kappa shape index (κ1) is 20.7. The fourth-order valence-electron chi connectivity index (χ4n) is 3.23. The number of amides is 1. The second-order valence-electron chi connectivity index (χ2n) is 7.59. The smallest absolute Gasteiger partial charge is 0.277 e. The first-order valence-corrected chi connectivity index (χ1v) is 9.76. The van der Waals surface area contributed by atoms with Gasteiger partial charge in [0.05, 0.1) is 11.3 Å². The molecule has 2 aromatic heterocycles. The highest BCUT2D eigenvalue weighted by atomic mass is 16.3. The summed E-state index contributed by atoms with van der Waals surface area (Å²) in [5.41, 5.74) is 0.834. The maximum atomic E-state index is 13.0. The van der Waals surface area contributed by atoms with Crippen LogP contribution in [0, 0.1) is 6.92 Å². The maximum absolute atomic E-state index is 13.0. The van der Waals surface area contributed by atoms with E-state index < -0.39 is 5.60 Å². The van der Waals surface area contributed by atoms with E-state index in [1.807, 2.05) is 37.3 Å². The van der Waals surface area contributed by atoms with E-state index in [0.29, 0.717) is 30.0 Å². The number of aryl methyl sites for hydroxylation is 1. The van der Waals surface area contributed by atoms with Crippen LogP contribution in [0.4, 0.5) is 0 Å². The molecule has 0 spiro atoms. The highest BCUT2D eigenvalue weighted by Gasteiger charge is 2.25. The van der Waals surface area contributed by atoms with Crippen molar-refractivity contribution in [2.75, 3.05) is 6.54 Å². The minimum Gasteiger partial charge on any atom is -0.388 e. The summed E-state index contributed by atoms with van der Waals surface area (Å²) in [5.74, 6) is 0.198. The van der Waals surface area contributed by atoms with Gasteiger partial charge in [0.25, 0.3) is 11.3 Å². The van der Waals surface area contributed by atoms with Gasteiger partial charge in [0.2, 0.25) is 5.91 Å². The van der Waals surface area contributed by atoms with Crippen LogP contribution in [0.1, 0.15) is 43.5 Å². The Morgan fingerprint density at radius 1 is 1.31 bits per heavy atom. The van der Waals surface area contributed by atoms with Crippen LogP contribution in [0.2, 0.25) is 0 Å². The Hall–Kier alpha value is -3.00. The normalized spacial score (nSPS) is 13.4. The standard InChI is InChI=1S/C21H27N5O3/c1-4-21(3,29)13-25(12-16-8-6-5-7-9-16)18(27)11-10-17-15(2)24-20-22-14-23-26(20)19(17)28/h5-9,14,29H,4,10-13H2,1-3H3,(H,22,23,24). The molecule has 0 bridgehead atoms. The molecule has 1 unspecified atom stereocenters. The number of hydrogen-bond acceptors (Lipinski definition) is 5. The van der Waals surface area contributed by atoms with Crippen molar-refractivity contribution in [3.8, 4) is 0 Å².